The van der Waals surface area contributed by atoms with Gasteiger partial charge in [0, 0.05) is 19.3 Å². The smallest absolute Gasteiger partial charge is 0.306 e. The SMILES string of the molecule is CC/C=C\C/C=C\C/C=C\C/C=C\C/C=C\C/C=C\C/C=C\C/C=C\C/C=C\C/C=C\CCCCCCC(=O)OCC(COC(=O)CCCCCCC)OC(=O)CCCCCCCCCCC/C=C\CCCCCCCC. The first-order chi connectivity index (χ1) is 38.0. The number of carbonyl (C=O) groups is 3. The van der Waals surface area contributed by atoms with Crippen molar-refractivity contribution >= 4 is 17.9 Å². The van der Waals surface area contributed by atoms with E-state index >= 15 is 0 Å². The zero-order valence-corrected chi connectivity index (χ0v) is 49.9. The summed E-state index contributed by atoms with van der Waals surface area (Å²) >= 11 is 0. The van der Waals surface area contributed by atoms with Crippen LogP contribution in [0.4, 0.5) is 0 Å². The van der Waals surface area contributed by atoms with E-state index in [0.29, 0.717) is 19.3 Å². The van der Waals surface area contributed by atoms with Crippen LogP contribution in [-0.2, 0) is 28.6 Å². The lowest BCUT2D eigenvalue weighted by Crippen LogP contribution is -2.30. The minimum absolute atomic E-state index is 0.0895. The molecule has 0 aliphatic rings. The molecule has 0 amide bonds. The van der Waals surface area contributed by atoms with Gasteiger partial charge >= 0.3 is 17.9 Å². The molecule has 0 rings (SSSR count). The summed E-state index contributed by atoms with van der Waals surface area (Å²) in [6.45, 7) is 6.42. The molecule has 0 aromatic heterocycles. The molecular weight excluding hydrogens is 949 g/mol. The summed E-state index contributed by atoms with van der Waals surface area (Å²) in [6.07, 6.45) is 90.8. The van der Waals surface area contributed by atoms with Gasteiger partial charge in [-0.05, 0) is 122 Å². The van der Waals surface area contributed by atoms with Gasteiger partial charge in [-0.15, -0.1) is 0 Å². The number of carbonyl (C=O) groups excluding carboxylic acids is 3. The van der Waals surface area contributed by atoms with Crippen LogP contribution in [0.3, 0.4) is 0 Å². The van der Waals surface area contributed by atoms with Crippen molar-refractivity contribution < 1.29 is 28.6 Å². The van der Waals surface area contributed by atoms with Crippen molar-refractivity contribution in [1.82, 2.24) is 0 Å². The zero-order chi connectivity index (χ0) is 55.7. The third-order valence-corrected chi connectivity index (χ3v) is 13.1. The molecule has 0 spiro atoms. The van der Waals surface area contributed by atoms with Crippen LogP contribution < -0.4 is 0 Å². The fourth-order valence-electron chi connectivity index (χ4n) is 8.41. The van der Waals surface area contributed by atoms with Crippen LogP contribution >= 0.6 is 0 Å². The topological polar surface area (TPSA) is 78.9 Å². The number of rotatable bonds is 56. The molecule has 6 nitrogen and oxygen atoms in total. The maximum absolute atomic E-state index is 12.8. The number of hydrogen-bond acceptors (Lipinski definition) is 6. The van der Waals surface area contributed by atoms with E-state index in [0.717, 1.165) is 148 Å². The number of allylic oxidation sites excluding steroid dienone is 22. The number of esters is 3. The normalized spacial score (nSPS) is 13.0. The first kappa shape index (κ1) is 72.5. The second-order valence-corrected chi connectivity index (χ2v) is 20.6. The summed E-state index contributed by atoms with van der Waals surface area (Å²) in [5.41, 5.74) is 0. The highest BCUT2D eigenvalue weighted by atomic mass is 16.6. The standard InChI is InChI=1S/C71H116O6/c1-4-7-10-13-15-17-19-21-23-25-27-28-29-30-31-32-33-34-35-36-37-38-39-40-41-42-44-45-47-49-51-53-55-58-61-64-70(73)76-67-68(66-75-69(72)63-60-57-12-9-6-3)77-71(74)65-62-59-56-54-52-50-48-46-43-26-24-22-20-18-16-14-11-8-5-2/h7,10,15,17,21-24,27-28,30-31,33-34,36-37,39-40,42,44,47,49,68H,4-6,8-9,11-14,16,18-20,25-26,29,32,35,38,41,43,45-46,48,50-67H2,1-3H3/b10-7-,17-15-,23-21-,24-22-,28-27-,31-30-,34-33-,37-36-,40-39-,44-42-,49-47-. The number of ether oxygens (including phenoxy) is 3. The lowest BCUT2D eigenvalue weighted by Gasteiger charge is -2.18. The summed E-state index contributed by atoms with van der Waals surface area (Å²) in [6, 6.07) is 0. The quantitative estimate of drug-likeness (QED) is 0.0261. The van der Waals surface area contributed by atoms with Crippen molar-refractivity contribution in [1.29, 1.82) is 0 Å². The van der Waals surface area contributed by atoms with Crippen molar-refractivity contribution in [3.05, 3.63) is 134 Å². The average molecular weight is 1070 g/mol. The van der Waals surface area contributed by atoms with Gasteiger partial charge in [-0.2, -0.15) is 0 Å². The van der Waals surface area contributed by atoms with Crippen molar-refractivity contribution in [2.75, 3.05) is 13.2 Å². The van der Waals surface area contributed by atoms with Crippen LogP contribution in [0.2, 0.25) is 0 Å². The predicted octanol–water partition coefficient (Wildman–Crippen LogP) is 21.8. The first-order valence-electron chi connectivity index (χ1n) is 31.7. The van der Waals surface area contributed by atoms with Gasteiger partial charge in [0.25, 0.3) is 0 Å². The maximum Gasteiger partial charge on any atom is 0.306 e. The monoisotopic (exact) mass is 1060 g/mol. The van der Waals surface area contributed by atoms with Crippen molar-refractivity contribution in [3.63, 3.8) is 0 Å². The van der Waals surface area contributed by atoms with E-state index in [9.17, 15) is 14.4 Å². The van der Waals surface area contributed by atoms with Crippen molar-refractivity contribution in [2.24, 2.45) is 0 Å². The largest absolute Gasteiger partial charge is 0.462 e. The Morgan fingerprint density at radius 2 is 0.506 bits per heavy atom. The van der Waals surface area contributed by atoms with Crippen LogP contribution in [0.25, 0.3) is 0 Å². The molecule has 6 heteroatoms. The molecule has 1 atom stereocenters. The van der Waals surface area contributed by atoms with Crippen LogP contribution in [0, 0.1) is 0 Å². The molecule has 1 unspecified atom stereocenters. The Labute approximate surface area is 475 Å². The molecule has 0 saturated heterocycles. The molecule has 0 aromatic carbocycles. The Bertz CT molecular complexity index is 1650. The summed E-state index contributed by atoms with van der Waals surface area (Å²) < 4.78 is 16.7. The van der Waals surface area contributed by atoms with E-state index in [1.54, 1.807) is 0 Å². The van der Waals surface area contributed by atoms with Gasteiger partial charge in [0.05, 0.1) is 0 Å². The van der Waals surface area contributed by atoms with Gasteiger partial charge in [-0.25, -0.2) is 0 Å². The Morgan fingerprint density at radius 3 is 0.805 bits per heavy atom. The molecule has 0 aliphatic carbocycles. The van der Waals surface area contributed by atoms with Crippen LogP contribution in [0.5, 0.6) is 0 Å². The third kappa shape index (κ3) is 62.3. The molecule has 0 aromatic rings. The molecular formula is C71H116O6. The fraction of sp³-hybridized carbons (Fsp3) is 0.648. The first-order valence-corrected chi connectivity index (χ1v) is 31.7. The molecule has 77 heavy (non-hydrogen) atoms. The van der Waals surface area contributed by atoms with E-state index in [2.05, 4.69) is 154 Å². The summed E-state index contributed by atoms with van der Waals surface area (Å²) in [5, 5.41) is 0. The molecule has 0 N–H and O–H groups in total. The van der Waals surface area contributed by atoms with E-state index in [1.165, 1.54) is 89.9 Å². The van der Waals surface area contributed by atoms with Crippen LogP contribution in [-0.4, -0.2) is 37.2 Å². The molecule has 0 saturated carbocycles. The minimum Gasteiger partial charge on any atom is -0.462 e. The molecule has 0 radical (unpaired) electrons. The number of hydrogen-bond donors (Lipinski definition) is 0. The molecule has 0 heterocycles. The Morgan fingerprint density at radius 1 is 0.273 bits per heavy atom. The maximum atomic E-state index is 12.8. The highest BCUT2D eigenvalue weighted by Gasteiger charge is 2.19. The minimum atomic E-state index is -0.789. The van der Waals surface area contributed by atoms with Crippen LogP contribution in [0.15, 0.2) is 134 Å². The molecule has 0 bridgehead atoms. The highest BCUT2D eigenvalue weighted by molar-refractivity contribution is 5.71. The van der Waals surface area contributed by atoms with Crippen molar-refractivity contribution in [3.8, 4) is 0 Å². The van der Waals surface area contributed by atoms with Gasteiger partial charge in [0.1, 0.15) is 13.2 Å². The molecule has 0 aliphatic heterocycles. The van der Waals surface area contributed by atoms with E-state index < -0.39 is 6.10 Å². The van der Waals surface area contributed by atoms with Gasteiger partial charge in [0.15, 0.2) is 6.10 Å². The third-order valence-electron chi connectivity index (χ3n) is 13.1. The zero-order valence-electron chi connectivity index (χ0n) is 49.9. The van der Waals surface area contributed by atoms with E-state index in [-0.39, 0.29) is 31.1 Å². The van der Waals surface area contributed by atoms with Crippen molar-refractivity contribution in [2.45, 2.75) is 284 Å². The summed E-state index contributed by atoms with van der Waals surface area (Å²) in [4.78, 5) is 37.9. The molecule has 436 valence electrons. The molecule has 0 fully saturated rings. The average Bonchev–Trinajstić information content (AvgIpc) is 3.43. The van der Waals surface area contributed by atoms with Gasteiger partial charge < -0.3 is 14.2 Å². The second-order valence-electron chi connectivity index (χ2n) is 20.6. The predicted molar refractivity (Wildman–Crippen MR) is 334 cm³/mol. The Balaban J connectivity index is 4.13. The lowest BCUT2D eigenvalue weighted by atomic mass is 10.1. The van der Waals surface area contributed by atoms with Gasteiger partial charge in [-0.3, -0.25) is 14.4 Å². The Hall–Kier alpha value is -4.45. The number of unbranched alkanes of at least 4 members (excludes halogenated alkanes) is 23. The van der Waals surface area contributed by atoms with Gasteiger partial charge in [-0.1, -0.05) is 270 Å². The lowest BCUT2D eigenvalue weighted by molar-refractivity contribution is -0.167. The van der Waals surface area contributed by atoms with E-state index in [1.807, 2.05) is 0 Å². The fourth-order valence-corrected chi connectivity index (χ4v) is 8.41. The van der Waals surface area contributed by atoms with E-state index in [4.69, 9.17) is 14.2 Å². The highest BCUT2D eigenvalue weighted by Crippen LogP contribution is 2.15. The Kier molecular flexibility index (Phi) is 60.4. The second kappa shape index (κ2) is 64.1. The summed E-state index contributed by atoms with van der Waals surface area (Å²) in [7, 11) is 0. The van der Waals surface area contributed by atoms with Gasteiger partial charge in [0.2, 0.25) is 0 Å². The van der Waals surface area contributed by atoms with Crippen LogP contribution in [0.1, 0.15) is 278 Å². The summed E-state index contributed by atoms with van der Waals surface area (Å²) in [5.74, 6) is -0.932.